The van der Waals surface area contributed by atoms with E-state index >= 15 is 0 Å². The molecule has 1 heterocycles. The Balaban J connectivity index is 1.50. The van der Waals surface area contributed by atoms with Crippen LogP contribution in [-0.2, 0) is 0 Å². The fourth-order valence-electron chi connectivity index (χ4n) is 2.89. The third-order valence-corrected chi connectivity index (χ3v) is 5.17. The van der Waals surface area contributed by atoms with E-state index in [0.29, 0.717) is 11.8 Å². The van der Waals surface area contributed by atoms with E-state index in [1.165, 1.54) is 5.56 Å². The van der Waals surface area contributed by atoms with Crippen molar-refractivity contribution in [2.75, 3.05) is 12.4 Å². The second-order valence-corrected chi connectivity index (χ2v) is 7.60. The summed E-state index contributed by atoms with van der Waals surface area (Å²) in [4.78, 5) is 4.81. The number of ether oxygens (including phenoxy) is 1. The maximum Gasteiger partial charge on any atom is 0.209 e. The number of hydrogen-bond acceptors (Lipinski definition) is 5. The van der Waals surface area contributed by atoms with E-state index in [4.69, 9.17) is 9.72 Å². The summed E-state index contributed by atoms with van der Waals surface area (Å²) in [5, 5.41) is 9.49. The second-order valence-electron chi connectivity index (χ2n) is 6.53. The monoisotopic (exact) mass is 399 g/mol. The van der Waals surface area contributed by atoms with E-state index in [9.17, 15) is 0 Å². The fraction of sp³-hybridized carbons (Fsp3) is 0.125. The molecule has 0 aliphatic heterocycles. The van der Waals surface area contributed by atoms with Gasteiger partial charge in [-0.15, -0.1) is 10.2 Å². The highest BCUT2D eigenvalue weighted by molar-refractivity contribution is 7.99. The maximum atomic E-state index is 5.79. The number of nitrogens with zero attached hydrogens (tertiary/aromatic N) is 3. The molecule has 0 radical (unpaired) electrons. The van der Waals surface area contributed by atoms with Crippen LogP contribution in [0.3, 0.4) is 0 Å². The van der Waals surface area contributed by atoms with Crippen molar-refractivity contribution in [2.24, 2.45) is 0 Å². The second kappa shape index (κ2) is 9.34. The molecule has 4 rings (SSSR count). The number of aryl methyl sites for hydroxylation is 1. The smallest absolute Gasteiger partial charge is 0.209 e. The van der Waals surface area contributed by atoms with Crippen molar-refractivity contribution in [3.8, 4) is 28.3 Å². The third kappa shape index (κ3) is 5.00. The molecule has 0 N–H and O–H groups in total. The van der Waals surface area contributed by atoms with Crippen molar-refractivity contribution >= 4 is 11.8 Å². The summed E-state index contributed by atoms with van der Waals surface area (Å²) in [6.45, 7) is 2.64. The van der Waals surface area contributed by atoms with Gasteiger partial charge >= 0.3 is 0 Å². The Hall–Kier alpha value is -3.18. The Bertz CT molecular complexity index is 1050. The average Bonchev–Trinajstić information content (AvgIpc) is 2.79. The first kappa shape index (κ1) is 19.2. The SMILES string of the molecule is Cc1ccc(OCCSc2nnc(-c3ccccc3)c(-c3ccccc3)n2)cc1. The molecular formula is C24H21N3OS. The molecule has 0 spiro atoms. The van der Waals surface area contributed by atoms with Crippen LogP contribution >= 0.6 is 11.8 Å². The van der Waals surface area contributed by atoms with E-state index in [2.05, 4.69) is 17.1 Å². The standard InChI is InChI=1S/C24H21N3OS/c1-18-12-14-21(15-13-18)28-16-17-29-24-25-22(19-8-4-2-5-9-19)23(26-27-24)20-10-6-3-7-11-20/h2-15H,16-17H2,1H3. The maximum absolute atomic E-state index is 5.79. The quantitative estimate of drug-likeness (QED) is 0.295. The van der Waals surface area contributed by atoms with E-state index in [1.807, 2.05) is 84.9 Å². The summed E-state index contributed by atoms with van der Waals surface area (Å²) < 4.78 is 5.79. The van der Waals surface area contributed by atoms with E-state index in [-0.39, 0.29) is 0 Å². The lowest BCUT2D eigenvalue weighted by Crippen LogP contribution is -2.03. The average molecular weight is 400 g/mol. The van der Waals surface area contributed by atoms with Gasteiger partial charge in [0, 0.05) is 16.9 Å². The largest absolute Gasteiger partial charge is 0.493 e. The molecule has 4 nitrogen and oxygen atoms in total. The lowest BCUT2D eigenvalue weighted by Gasteiger charge is -2.10. The predicted molar refractivity (Wildman–Crippen MR) is 118 cm³/mol. The molecule has 0 amide bonds. The first-order valence-electron chi connectivity index (χ1n) is 9.47. The third-order valence-electron chi connectivity index (χ3n) is 4.37. The van der Waals surface area contributed by atoms with Gasteiger partial charge in [0.1, 0.15) is 17.1 Å². The zero-order chi connectivity index (χ0) is 19.9. The van der Waals surface area contributed by atoms with Gasteiger partial charge in [-0.05, 0) is 19.1 Å². The summed E-state index contributed by atoms with van der Waals surface area (Å²) in [6, 6.07) is 28.2. The van der Waals surface area contributed by atoms with Gasteiger partial charge in [0.25, 0.3) is 0 Å². The van der Waals surface area contributed by atoms with Crippen LogP contribution < -0.4 is 4.74 Å². The molecule has 4 aromatic rings. The van der Waals surface area contributed by atoms with Crippen molar-refractivity contribution in [2.45, 2.75) is 12.1 Å². The van der Waals surface area contributed by atoms with Crippen LogP contribution in [0.4, 0.5) is 0 Å². The molecule has 0 unspecified atom stereocenters. The van der Waals surface area contributed by atoms with Gasteiger partial charge in [0.05, 0.1) is 6.61 Å². The van der Waals surface area contributed by atoms with Gasteiger partial charge in [0.15, 0.2) is 0 Å². The highest BCUT2D eigenvalue weighted by Gasteiger charge is 2.13. The first-order chi connectivity index (χ1) is 14.3. The molecule has 0 aliphatic rings. The van der Waals surface area contributed by atoms with Crippen LogP contribution in [0.1, 0.15) is 5.56 Å². The summed E-state index contributed by atoms with van der Waals surface area (Å²) in [7, 11) is 0. The van der Waals surface area contributed by atoms with Crippen molar-refractivity contribution in [1.82, 2.24) is 15.2 Å². The van der Waals surface area contributed by atoms with Crippen molar-refractivity contribution in [1.29, 1.82) is 0 Å². The molecule has 1 aromatic heterocycles. The van der Waals surface area contributed by atoms with Gasteiger partial charge in [-0.2, -0.15) is 0 Å². The number of benzene rings is 3. The van der Waals surface area contributed by atoms with Crippen molar-refractivity contribution in [3.63, 3.8) is 0 Å². The van der Waals surface area contributed by atoms with Crippen LogP contribution in [0.2, 0.25) is 0 Å². The minimum atomic E-state index is 0.582. The summed E-state index contributed by atoms with van der Waals surface area (Å²) in [5.41, 5.74) is 4.88. The van der Waals surface area contributed by atoms with Gasteiger partial charge in [0.2, 0.25) is 5.16 Å². The zero-order valence-electron chi connectivity index (χ0n) is 16.2. The first-order valence-corrected chi connectivity index (χ1v) is 10.5. The number of aromatic nitrogens is 3. The van der Waals surface area contributed by atoms with Crippen LogP contribution in [-0.4, -0.2) is 27.5 Å². The molecule has 0 saturated heterocycles. The molecule has 0 bridgehead atoms. The number of rotatable bonds is 7. The Kier molecular flexibility index (Phi) is 6.17. The van der Waals surface area contributed by atoms with E-state index in [0.717, 1.165) is 34.0 Å². The van der Waals surface area contributed by atoms with Crippen LogP contribution in [0, 0.1) is 6.92 Å². The molecule has 5 heteroatoms. The molecule has 0 atom stereocenters. The minimum Gasteiger partial charge on any atom is -0.493 e. The van der Waals surface area contributed by atoms with Crippen molar-refractivity contribution < 1.29 is 4.74 Å². The fourth-order valence-corrected chi connectivity index (χ4v) is 3.49. The molecule has 0 aliphatic carbocycles. The Morgan fingerprint density at radius 1 is 0.724 bits per heavy atom. The van der Waals surface area contributed by atoms with Crippen LogP contribution in [0.15, 0.2) is 90.1 Å². The van der Waals surface area contributed by atoms with Crippen molar-refractivity contribution in [3.05, 3.63) is 90.5 Å². The lowest BCUT2D eigenvalue weighted by atomic mass is 10.0. The summed E-state index contributed by atoms with van der Waals surface area (Å²) in [6.07, 6.45) is 0. The molecule has 144 valence electrons. The minimum absolute atomic E-state index is 0.582. The molecule has 3 aromatic carbocycles. The normalized spacial score (nSPS) is 10.7. The molecule has 0 saturated carbocycles. The number of thioether (sulfide) groups is 1. The summed E-state index contributed by atoms with van der Waals surface area (Å²) in [5.74, 6) is 1.62. The van der Waals surface area contributed by atoms with Crippen LogP contribution in [0.5, 0.6) is 5.75 Å². The van der Waals surface area contributed by atoms with Gasteiger partial charge in [-0.3, -0.25) is 0 Å². The Morgan fingerprint density at radius 2 is 1.34 bits per heavy atom. The summed E-state index contributed by atoms with van der Waals surface area (Å²) >= 11 is 1.55. The Morgan fingerprint density at radius 3 is 2.00 bits per heavy atom. The van der Waals surface area contributed by atoms with Crippen LogP contribution in [0.25, 0.3) is 22.5 Å². The van der Waals surface area contributed by atoms with E-state index in [1.54, 1.807) is 11.8 Å². The zero-order valence-corrected chi connectivity index (χ0v) is 17.0. The predicted octanol–water partition coefficient (Wildman–Crippen LogP) is 5.69. The highest BCUT2D eigenvalue weighted by atomic mass is 32.2. The van der Waals surface area contributed by atoms with Gasteiger partial charge < -0.3 is 4.74 Å². The lowest BCUT2D eigenvalue weighted by molar-refractivity contribution is 0.344. The van der Waals surface area contributed by atoms with E-state index < -0.39 is 0 Å². The van der Waals surface area contributed by atoms with Gasteiger partial charge in [-0.25, -0.2) is 4.98 Å². The molecular weight excluding hydrogens is 378 g/mol. The van der Waals surface area contributed by atoms with Gasteiger partial charge in [-0.1, -0.05) is 90.1 Å². The highest BCUT2D eigenvalue weighted by Crippen LogP contribution is 2.29. The Labute approximate surface area is 175 Å². The molecule has 29 heavy (non-hydrogen) atoms. The topological polar surface area (TPSA) is 47.9 Å². The molecule has 0 fully saturated rings. The number of hydrogen-bond donors (Lipinski definition) is 0.